The van der Waals surface area contributed by atoms with Gasteiger partial charge >= 0.3 is 6.09 Å². The highest BCUT2D eigenvalue weighted by atomic mass is 16.6. The number of piperidine rings is 1. The highest BCUT2D eigenvalue weighted by Gasteiger charge is 2.44. The second kappa shape index (κ2) is 11.2. The molecule has 1 fully saturated rings. The van der Waals surface area contributed by atoms with Gasteiger partial charge < -0.3 is 20.1 Å². The lowest BCUT2D eigenvalue weighted by Gasteiger charge is -2.27. The number of benzene rings is 1. The number of fused-ring (bicyclic) bond motifs is 1. The fourth-order valence-electron chi connectivity index (χ4n) is 3.72. The highest BCUT2D eigenvalue weighted by Crippen LogP contribution is 2.30. The summed E-state index contributed by atoms with van der Waals surface area (Å²) >= 11 is 0. The Bertz CT molecular complexity index is 1080. The van der Waals surface area contributed by atoms with E-state index < -0.39 is 41.4 Å². The topological polar surface area (TPSA) is 160 Å². The number of carbonyl (C=O) groups is 6. The summed E-state index contributed by atoms with van der Waals surface area (Å²) in [6, 6.07) is 3.18. The van der Waals surface area contributed by atoms with Crippen molar-refractivity contribution in [2.45, 2.75) is 58.1 Å². The Morgan fingerprint density at radius 2 is 1.69 bits per heavy atom. The highest BCUT2D eigenvalue weighted by molar-refractivity contribution is 6.23. The maximum Gasteiger partial charge on any atom is 0.407 e. The summed E-state index contributed by atoms with van der Waals surface area (Å²) in [5.74, 6) is -2.55. The lowest BCUT2D eigenvalue weighted by molar-refractivity contribution is -0.136. The maximum absolute atomic E-state index is 12.8. The fourth-order valence-corrected chi connectivity index (χ4v) is 3.72. The molecule has 36 heavy (non-hydrogen) atoms. The SMILES string of the molecule is CC(C)(C)OC(=O)NCCCCNC(=O)COc1ccc2c(c1)C(=O)N(C1CCC(=O)NC1=O)C2=O. The molecule has 2 aliphatic rings. The van der Waals surface area contributed by atoms with E-state index in [2.05, 4.69) is 16.0 Å². The van der Waals surface area contributed by atoms with Crippen LogP contribution >= 0.6 is 0 Å². The van der Waals surface area contributed by atoms with E-state index in [1.807, 2.05) is 0 Å². The molecule has 0 aliphatic carbocycles. The van der Waals surface area contributed by atoms with Crippen LogP contribution in [-0.2, 0) is 19.1 Å². The van der Waals surface area contributed by atoms with E-state index in [0.717, 1.165) is 4.90 Å². The summed E-state index contributed by atoms with van der Waals surface area (Å²) in [4.78, 5) is 73.5. The van der Waals surface area contributed by atoms with Gasteiger partial charge in [-0.2, -0.15) is 0 Å². The Balaban J connectivity index is 1.42. The molecular weight excluding hydrogens is 472 g/mol. The summed E-state index contributed by atoms with van der Waals surface area (Å²) < 4.78 is 10.6. The third kappa shape index (κ3) is 6.80. The average molecular weight is 503 g/mol. The summed E-state index contributed by atoms with van der Waals surface area (Å²) in [6.07, 6.45) is 0.886. The van der Waals surface area contributed by atoms with Gasteiger partial charge in [-0.3, -0.25) is 34.2 Å². The quantitative estimate of drug-likeness (QED) is 0.331. The zero-order chi connectivity index (χ0) is 26.5. The molecule has 194 valence electrons. The summed E-state index contributed by atoms with van der Waals surface area (Å²) in [6.45, 7) is 5.84. The van der Waals surface area contributed by atoms with Crippen LogP contribution in [-0.4, -0.2) is 71.9 Å². The van der Waals surface area contributed by atoms with E-state index in [-0.39, 0.29) is 42.2 Å². The third-order valence-corrected chi connectivity index (χ3v) is 5.38. The fraction of sp³-hybridized carbons (Fsp3) is 0.500. The van der Waals surface area contributed by atoms with E-state index >= 15 is 0 Å². The second-order valence-corrected chi connectivity index (χ2v) is 9.43. The van der Waals surface area contributed by atoms with Crippen molar-refractivity contribution < 1.29 is 38.2 Å². The van der Waals surface area contributed by atoms with E-state index in [1.165, 1.54) is 18.2 Å². The Morgan fingerprint density at radius 1 is 1.03 bits per heavy atom. The van der Waals surface area contributed by atoms with Crippen LogP contribution in [0.1, 0.15) is 67.2 Å². The molecule has 12 heteroatoms. The molecule has 0 spiro atoms. The number of imide groups is 2. The molecule has 0 saturated carbocycles. The largest absolute Gasteiger partial charge is 0.484 e. The molecular formula is C24H30N4O8. The molecule has 1 atom stereocenters. The number of hydrogen-bond acceptors (Lipinski definition) is 8. The normalized spacial score (nSPS) is 17.4. The maximum atomic E-state index is 12.8. The zero-order valence-corrected chi connectivity index (χ0v) is 20.5. The molecule has 1 saturated heterocycles. The van der Waals surface area contributed by atoms with Crippen molar-refractivity contribution in [2.24, 2.45) is 0 Å². The van der Waals surface area contributed by atoms with Crippen molar-refractivity contribution in [1.82, 2.24) is 20.9 Å². The minimum atomic E-state index is -1.05. The minimum absolute atomic E-state index is 0.0353. The first-order chi connectivity index (χ1) is 17.0. The van der Waals surface area contributed by atoms with Crippen LogP contribution in [0, 0.1) is 0 Å². The number of amides is 6. The van der Waals surface area contributed by atoms with Crippen molar-refractivity contribution in [1.29, 1.82) is 0 Å². The van der Waals surface area contributed by atoms with Crippen LogP contribution in [0.2, 0.25) is 0 Å². The van der Waals surface area contributed by atoms with Gasteiger partial charge in [-0.25, -0.2) is 4.79 Å². The second-order valence-electron chi connectivity index (χ2n) is 9.43. The van der Waals surface area contributed by atoms with Gasteiger partial charge in [0.05, 0.1) is 11.1 Å². The van der Waals surface area contributed by atoms with Gasteiger partial charge in [-0.1, -0.05) is 0 Å². The van der Waals surface area contributed by atoms with Crippen LogP contribution in [0.4, 0.5) is 4.79 Å². The van der Waals surface area contributed by atoms with Gasteiger partial charge in [0.1, 0.15) is 17.4 Å². The molecule has 2 aliphatic heterocycles. The third-order valence-electron chi connectivity index (χ3n) is 5.38. The van der Waals surface area contributed by atoms with Crippen molar-refractivity contribution in [3.63, 3.8) is 0 Å². The number of nitrogens with zero attached hydrogens (tertiary/aromatic N) is 1. The monoisotopic (exact) mass is 502 g/mol. The van der Waals surface area contributed by atoms with E-state index in [0.29, 0.717) is 25.9 Å². The van der Waals surface area contributed by atoms with Crippen LogP contribution in [0.25, 0.3) is 0 Å². The first-order valence-electron chi connectivity index (χ1n) is 11.7. The lowest BCUT2D eigenvalue weighted by atomic mass is 10.0. The lowest BCUT2D eigenvalue weighted by Crippen LogP contribution is -2.54. The van der Waals surface area contributed by atoms with E-state index in [9.17, 15) is 28.8 Å². The van der Waals surface area contributed by atoms with Crippen LogP contribution in [0.5, 0.6) is 5.75 Å². The molecule has 0 radical (unpaired) electrons. The molecule has 1 aromatic carbocycles. The number of ether oxygens (including phenoxy) is 2. The smallest absolute Gasteiger partial charge is 0.407 e. The number of nitrogens with one attached hydrogen (secondary N) is 3. The molecule has 3 rings (SSSR count). The standard InChI is InChI=1S/C24H30N4O8/c1-24(2,3)36-23(34)26-11-5-4-10-25-19(30)13-35-14-6-7-15-16(12-14)22(33)28(21(15)32)17-8-9-18(29)27-20(17)31/h6-7,12,17H,4-5,8-11,13H2,1-3H3,(H,25,30)(H,26,34)(H,27,29,31). The number of hydrogen-bond donors (Lipinski definition) is 3. The molecule has 0 bridgehead atoms. The molecule has 12 nitrogen and oxygen atoms in total. The van der Waals surface area contributed by atoms with E-state index in [4.69, 9.17) is 9.47 Å². The van der Waals surface area contributed by atoms with Gasteiger partial charge in [0, 0.05) is 19.5 Å². The van der Waals surface area contributed by atoms with Gasteiger partial charge in [0.2, 0.25) is 11.8 Å². The number of rotatable bonds is 9. The van der Waals surface area contributed by atoms with Crippen molar-refractivity contribution >= 4 is 35.6 Å². The van der Waals surface area contributed by atoms with Gasteiger partial charge in [-0.15, -0.1) is 0 Å². The molecule has 1 unspecified atom stereocenters. The van der Waals surface area contributed by atoms with Crippen LogP contribution in [0.3, 0.4) is 0 Å². The van der Waals surface area contributed by atoms with Crippen molar-refractivity contribution in [3.8, 4) is 5.75 Å². The van der Waals surface area contributed by atoms with Crippen LogP contribution in [0.15, 0.2) is 18.2 Å². The molecule has 1 aromatic rings. The summed E-state index contributed by atoms with van der Waals surface area (Å²) in [5, 5.41) is 7.48. The minimum Gasteiger partial charge on any atom is -0.484 e. The predicted octanol–water partition coefficient (Wildman–Crippen LogP) is 0.888. The van der Waals surface area contributed by atoms with Crippen molar-refractivity contribution in [3.05, 3.63) is 29.3 Å². The molecule has 3 N–H and O–H groups in total. The van der Waals surface area contributed by atoms with Crippen molar-refractivity contribution in [2.75, 3.05) is 19.7 Å². The predicted molar refractivity (Wildman–Crippen MR) is 125 cm³/mol. The number of unbranched alkanes of at least 4 members (excludes halogenated alkanes) is 1. The Kier molecular flexibility index (Phi) is 8.28. The van der Waals surface area contributed by atoms with E-state index in [1.54, 1.807) is 20.8 Å². The summed E-state index contributed by atoms with van der Waals surface area (Å²) in [7, 11) is 0. The Morgan fingerprint density at radius 3 is 2.36 bits per heavy atom. The zero-order valence-electron chi connectivity index (χ0n) is 20.5. The molecule has 0 aromatic heterocycles. The van der Waals surface area contributed by atoms with Crippen LogP contribution < -0.4 is 20.7 Å². The van der Waals surface area contributed by atoms with Gasteiger partial charge in [0.25, 0.3) is 17.7 Å². The van der Waals surface area contributed by atoms with Gasteiger partial charge in [0.15, 0.2) is 6.61 Å². The number of carbonyl (C=O) groups excluding carboxylic acids is 6. The molecule has 2 heterocycles. The summed E-state index contributed by atoms with van der Waals surface area (Å²) in [5.41, 5.74) is -0.367. The van der Waals surface area contributed by atoms with Gasteiger partial charge in [-0.05, 0) is 58.2 Å². The first kappa shape index (κ1) is 26.6. The number of alkyl carbamates (subject to hydrolysis) is 1. The Hall–Kier alpha value is -3.96. The average Bonchev–Trinajstić information content (AvgIpc) is 3.03. The molecule has 6 amide bonds. The first-order valence-corrected chi connectivity index (χ1v) is 11.7. The Labute approximate surface area is 208 Å².